The Morgan fingerprint density at radius 3 is 2.73 bits per heavy atom. The van der Waals surface area contributed by atoms with Gasteiger partial charge in [-0.15, -0.1) is 0 Å². The Morgan fingerprint density at radius 1 is 1.27 bits per heavy atom. The van der Waals surface area contributed by atoms with Crippen molar-refractivity contribution in [2.75, 3.05) is 19.8 Å². The van der Waals surface area contributed by atoms with Crippen LogP contribution < -0.4 is 5.32 Å². The zero-order valence-electron chi connectivity index (χ0n) is 10.6. The second-order valence-electron chi connectivity index (χ2n) is 5.10. The van der Waals surface area contributed by atoms with Crippen molar-refractivity contribution in [2.24, 2.45) is 5.92 Å². The molecule has 0 bridgehead atoms. The monoisotopic (exact) mass is 213 g/mol. The van der Waals surface area contributed by atoms with Crippen molar-refractivity contribution in [3.63, 3.8) is 0 Å². The Bertz CT molecular complexity index is 160. The van der Waals surface area contributed by atoms with Crippen LogP contribution in [0.1, 0.15) is 52.9 Å². The van der Waals surface area contributed by atoms with Crippen LogP contribution in [0.2, 0.25) is 0 Å². The highest BCUT2D eigenvalue weighted by Crippen LogP contribution is 2.27. The summed E-state index contributed by atoms with van der Waals surface area (Å²) in [5, 5.41) is 3.73. The van der Waals surface area contributed by atoms with Gasteiger partial charge in [-0.2, -0.15) is 0 Å². The fraction of sp³-hybridized carbons (Fsp3) is 1.00. The van der Waals surface area contributed by atoms with Crippen LogP contribution >= 0.6 is 0 Å². The first-order chi connectivity index (χ1) is 7.21. The van der Waals surface area contributed by atoms with Gasteiger partial charge in [0, 0.05) is 12.1 Å². The van der Waals surface area contributed by atoms with Gasteiger partial charge >= 0.3 is 0 Å². The first-order valence-electron chi connectivity index (χ1n) is 6.54. The highest BCUT2D eigenvalue weighted by molar-refractivity contribution is 4.92. The van der Waals surface area contributed by atoms with Gasteiger partial charge in [0.25, 0.3) is 0 Å². The summed E-state index contributed by atoms with van der Waals surface area (Å²) in [6.07, 6.45) is 6.43. The first kappa shape index (κ1) is 13.0. The lowest BCUT2D eigenvalue weighted by Gasteiger charge is -2.37. The molecule has 1 N–H and O–H groups in total. The Balaban J connectivity index is 2.51. The molecule has 2 nitrogen and oxygen atoms in total. The Labute approximate surface area is 94.8 Å². The van der Waals surface area contributed by atoms with Crippen molar-refractivity contribution in [3.05, 3.63) is 0 Å². The van der Waals surface area contributed by atoms with E-state index in [0.29, 0.717) is 5.92 Å². The summed E-state index contributed by atoms with van der Waals surface area (Å²) in [5.74, 6) is 0.660. The maximum Gasteiger partial charge on any atom is 0.0650 e. The van der Waals surface area contributed by atoms with Crippen LogP contribution in [0.15, 0.2) is 0 Å². The van der Waals surface area contributed by atoms with Crippen LogP contribution in [0.25, 0.3) is 0 Å². The van der Waals surface area contributed by atoms with Crippen LogP contribution in [0.3, 0.4) is 0 Å². The molecule has 1 saturated heterocycles. The Hall–Kier alpha value is -0.0800. The van der Waals surface area contributed by atoms with Gasteiger partial charge in [0.15, 0.2) is 0 Å². The van der Waals surface area contributed by atoms with Crippen molar-refractivity contribution in [1.29, 1.82) is 0 Å². The van der Waals surface area contributed by atoms with Crippen molar-refractivity contribution in [1.82, 2.24) is 5.32 Å². The molecule has 1 fully saturated rings. The summed E-state index contributed by atoms with van der Waals surface area (Å²) in [5.41, 5.74) is 0.242. The summed E-state index contributed by atoms with van der Waals surface area (Å²) >= 11 is 0. The molecule has 0 saturated carbocycles. The zero-order chi connectivity index (χ0) is 11.1. The van der Waals surface area contributed by atoms with Crippen LogP contribution in [0.4, 0.5) is 0 Å². The molecule has 0 amide bonds. The minimum absolute atomic E-state index is 0.242. The molecule has 0 aliphatic carbocycles. The van der Waals surface area contributed by atoms with E-state index in [0.717, 1.165) is 26.2 Å². The topological polar surface area (TPSA) is 21.3 Å². The molecule has 90 valence electrons. The van der Waals surface area contributed by atoms with Gasteiger partial charge < -0.3 is 10.1 Å². The number of nitrogens with one attached hydrogen (secondary N) is 1. The third-order valence-electron chi connectivity index (χ3n) is 3.59. The molecule has 0 aromatic carbocycles. The molecule has 0 spiro atoms. The summed E-state index contributed by atoms with van der Waals surface area (Å²) < 4.78 is 5.78. The average Bonchev–Trinajstić information content (AvgIpc) is 2.45. The van der Waals surface area contributed by atoms with Crippen LogP contribution in [-0.2, 0) is 4.74 Å². The lowest BCUT2D eigenvalue weighted by molar-refractivity contribution is 0.0428. The summed E-state index contributed by atoms with van der Waals surface area (Å²) in [7, 11) is 0. The minimum Gasteiger partial charge on any atom is -0.380 e. The second-order valence-corrected chi connectivity index (χ2v) is 5.10. The van der Waals surface area contributed by atoms with E-state index >= 15 is 0 Å². The molecule has 1 heterocycles. The Morgan fingerprint density at radius 2 is 2.07 bits per heavy atom. The molecule has 2 heteroatoms. The van der Waals surface area contributed by atoms with Crippen molar-refractivity contribution in [2.45, 2.75) is 58.4 Å². The third-order valence-corrected chi connectivity index (χ3v) is 3.59. The van der Waals surface area contributed by atoms with E-state index in [-0.39, 0.29) is 5.54 Å². The van der Waals surface area contributed by atoms with Gasteiger partial charge in [0.2, 0.25) is 0 Å². The van der Waals surface area contributed by atoms with Gasteiger partial charge in [-0.25, -0.2) is 0 Å². The molecule has 1 rings (SSSR count). The van der Waals surface area contributed by atoms with Gasteiger partial charge in [0.05, 0.1) is 6.61 Å². The van der Waals surface area contributed by atoms with E-state index in [2.05, 4.69) is 26.1 Å². The molecule has 15 heavy (non-hydrogen) atoms. The summed E-state index contributed by atoms with van der Waals surface area (Å²) in [6.45, 7) is 9.74. The molecule has 1 aliphatic rings. The molecule has 1 aliphatic heterocycles. The van der Waals surface area contributed by atoms with E-state index in [4.69, 9.17) is 4.74 Å². The minimum atomic E-state index is 0.242. The normalized spacial score (nSPS) is 28.0. The molecule has 0 aromatic heterocycles. The zero-order valence-corrected chi connectivity index (χ0v) is 10.6. The highest BCUT2D eigenvalue weighted by atomic mass is 16.5. The lowest BCUT2D eigenvalue weighted by atomic mass is 9.83. The predicted molar refractivity (Wildman–Crippen MR) is 65.1 cm³/mol. The van der Waals surface area contributed by atoms with Crippen molar-refractivity contribution >= 4 is 0 Å². The van der Waals surface area contributed by atoms with Gasteiger partial charge in [-0.05, 0) is 31.7 Å². The first-order valence-corrected chi connectivity index (χ1v) is 6.54. The van der Waals surface area contributed by atoms with Gasteiger partial charge in [0.1, 0.15) is 0 Å². The highest BCUT2D eigenvalue weighted by Gasteiger charge is 2.33. The van der Waals surface area contributed by atoms with E-state index in [9.17, 15) is 0 Å². The van der Waals surface area contributed by atoms with Crippen molar-refractivity contribution < 1.29 is 4.74 Å². The molecule has 0 aromatic rings. The van der Waals surface area contributed by atoms with E-state index < -0.39 is 0 Å². The second kappa shape index (κ2) is 6.49. The molecule has 1 atom stereocenters. The smallest absolute Gasteiger partial charge is 0.0650 e. The predicted octanol–water partition coefficient (Wildman–Crippen LogP) is 2.97. The number of rotatable bonds is 5. The number of ether oxygens (including phenoxy) is 1. The van der Waals surface area contributed by atoms with Crippen molar-refractivity contribution in [3.8, 4) is 0 Å². The molecule has 0 radical (unpaired) electrons. The molecular formula is C13H27NO. The maximum absolute atomic E-state index is 5.78. The Kier molecular flexibility index (Phi) is 5.62. The van der Waals surface area contributed by atoms with Crippen LogP contribution in [0, 0.1) is 5.92 Å². The standard InChI is InChI=1S/C13H27NO/c1-4-10-15-11-13(12(2)3)8-6-5-7-9-14-13/h12,14H,4-11H2,1-3H3. The van der Waals surface area contributed by atoms with Gasteiger partial charge in [-0.1, -0.05) is 33.6 Å². The molecule has 1 unspecified atom stereocenters. The average molecular weight is 213 g/mol. The van der Waals surface area contributed by atoms with Gasteiger partial charge in [-0.3, -0.25) is 0 Å². The summed E-state index contributed by atoms with van der Waals surface area (Å²) in [6, 6.07) is 0. The summed E-state index contributed by atoms with van der Waals surface area (Å²) in [4.78, 5) is 0. The number of hydrogen-bond acceptors (Lipinski definition) is 2. The fourth-order valence-electron chi connectivity index (χ4n) is 2.35. The van der Waals surface area contributed by atoms with E-state index in [1.165, 1.54) is 25.7 Å². The van der Waals surface area contributed by atoms with E-state index in [1.54, 1.807) is 0 Å². The molecular weight excluding hydrogens is 186 g/mol. The van der Waals surface area contributed by atoms with E-state index in [1.807, 2.05) is 0 Å². The fourth-order valence-corrected chi connectivity index (χ4v) is 2.35. The quantitative estimate of drug-likeness (QED) is 0.709. The lowest BCUT2D eigenvalue weighted by Crippen LogP contribution is -2.52. The third kappa shape index (κ3) is 3.76. The maximum atomic E-state index is 5.78. The number of hydrogen-bond donors (Lipinski definition) is 1. The van der Waals surface area contributed by atoms with Crippen LogP contribution in [0.5, 0.6) is 0 Å². The largest absolute Gasteiger partial charge is 0.380 e. The SMILES string of the molecule is CCCOCC1(C(C)C)CCCCCN1. The van der Waals surface area contributed by atoms with Crippen LogP contribution in [-0.4, -0.2) is 25.3 Å².